The van der Waals surface area contributed by atoms with Gasteiger partial charge < -0.3 is 15.4 Å². The number of carbonyl (C=O) groups is 2. The van der Waals surface area contributed by atoms with E-state index in [9.17, 15) is 18.0 Å². The number of hydrogen-bond acceptors (Lipinski definition) is 10. The number of methoxy groups -OCH3 is 1. The van der Waals surface area contributed by atoms with Crippen LogP contribution in [0.25, 0.3) is 5.70 Å². The summed E-state index contributed by atoms with van der Waals surface area (Å²) in [5.74, 6) is -0.984. The fourth-order valence-electron chi connectivity index (χ4n) is 4.10. The zero-order valence-electron chi connectivity index (χ0n) is 22.0. The maximum absolute atomic E-state index is 13.3. The van der Waals surface area contributed by atoms with E-state index in [2.05, 4.69) is 31.9 Å². The van der Waals surface area contributed by atoms with Crippen LogP contribution in [0.15, 0.2) is 82.7 Å². The second-order valence-electron chi connectivity index (χ2n) is 8.84. The molecule has 41 heavy (non-hydrogen) atoms. The van der Waals surface area contributed by atoms with E-state index < -0.39 is 21.8 Å². The molecule has 14 heteroatoms. The van der Waals surface area contributed by atoms with Crippen LogP contribution in [-0.2, 0) is 21.4 Å². The first kappa shape index (κ1) is 27.9. The maximum Gasteiger partial charge on any atom is 0.262 e. The zero-order valence-corrected chi connectivity index (χ0v) is 23.7. The van der Waals surface area contributed by atoms with Crippen molar-refractivity contribution in [3.63, 3.8) is 0 Å². The van der Waals surface area contributed by atoms with E-state index >= 15 is 0 Å². The first-order valence-electron chi connectivity index (χ1n) is 12.3. The third-order valence-corrected chi connectivity index (χ3v) is 8.36. The fourth-order valence-corrected chi connectivity index (χ4v) is 6.00. The molecule has 2 aliphatic rings. The Hall–Kier alpha value is -4.69. The molecule has 0 unspecified atom stereocenters. The number of ether oxygens (including phenoxy) is 1. The highest BCUT2D eigenvalue weighted by molar-refractivity contribution is 8.17. The van der Waals surface area contributed by atoms with Gasteiger partial charge in [-0.05, 0) is 54.6 Å². The van der Waals surface area contributed by atoms with Gasteiger partial charge in [0, 0.05) is 41.8 Å². The number of rotatable bonds is 1. The van der Waals surface area contributed by atoms with Crippen molar-refractivity contribution in [1.82, 2.24) is 25.6 Å². The molecular formula is C27H25N7O5S2. The molecule has 12 nitrogen and oxygen atoms in total. The second-order valence-corrected chi connectivity index (χ2v) is 11.6. The number of anilines is 1. The average Bonchev–Trinajstić information content (AvgIpc) is 3.35. The van der Waals surface area contributed by atoms with Crippen LogP contribution in [-0.4, -0.2) is 53.9 Å². The van der Waals surface area contributed by atoms with Crippen LogP contribution in [0.2, 0.25) is 0 Å². The van der Waals surface area contributed by atoms with Crippen LogP contribution >= 0.6 is 11.8 Å². The molecule has 4 heterocycles. The van der Waals surface area contributed by atoms with E-state index in [1.54, 1.807) is 23.5 Å². The number of benzene rings is 1. The highest BCUT2D eigenvalue weighted by Crippen LogP contribution is 2.39. The lowest BCUT2D eigenvalue weighted by Crippen LogP contribution is -2.36. The Labute approximate surface area is 240 Å². The third kappa shape index (κ3) is 5.93. The van der Waals surface area contributed by atoms with Gasteiger partial charge in [0.2, 0.25) is 11.8 Å². The fraction of sp³-hybridized carbons (Fsp3) is 0.148. The summed E-state index contributed by atoms with van der Waals surface area (Å²) in [7, 11) is -2.79. The molecule has 2 aliphatic heterocycles. The second kappa shape index (κ2) is 11.4. The number of nitrogens with zero attached hydrogens (tertiary/aromatic N) is 4. The van der Waals surface area contributed by atoms with Gasteiger partial charge in [0.05, 0.1) is 29.3 Å². The minimum absolute atomic E-state index is 0.0481. The van der Waals surface area contributed by atoms with Gasteiger partial charge in [0.1, 0.15) is 10.7 Å². The molecule has 2 aromatic heterocycles. The number of aromatic nitrogens is 2. The molecular weight excluding hydrogens is 566 g/mol. The molecule has 0 aliphatic carbocycles. The van der Waals surface area contributed by atoms with Crippen LogP contribution in [0.3, 0.4) is 0 Å². The normalized spacial score (nSPS) is 18.0. The van der Waals surface area contributed by atoms with Crippen molar-refractivity contribution >= 4 is 50.0 Å². The lowest BCUT2D eigenvalue weighted by molar-refractivity contribution is -0.120. The third-order valence-electron chi connectivity index (χ3n) is 6.08. The molecule has 1 aromatic carbocycles. The lowest BCUT2D eigenvalue weighted by Gasteiger charge is -2.18. The quantitative estimate of drug-likeness (QED) is 0.387. The van der Waals surface area contributed by atoms with Crippen molar-refractivity contribution in [1.29, 1.82) is 0 Å². The average molecular weight is 592 g/mol. The number of hydrazone groups is 1. The summed E-state index contributed by atoms with van der Waals surface area (Å²) in [4.78, 5) is 33.6. The van der Waals surface area contributed by atoms with Crippen LogP contribution in [0.1, 0.15) is 34.0 Å². The Morgan fingerprint density at radius 3 is 2.66 bits per heavy atom. The Morgan fingerprint density at radius 1 is 1.05 bits per heavy atom. The largest absolute Gasteiger partial charge is 0.480 e. The first-order valence-corrected chi connectivity index (χ1v) is 14.6. The summed E-state index contributed by atoms with van der Waals surface area (Å²) in [5.41, 5.74) is 2.86. The van der Waals surface area contributed by atoms with Crippen LogP contribution in [0.5, 0.6) is 5.88 Å². The molecule has 0 radical (unpaired) electrons. The summed E-state index contributed by atoms with van der Waals surface area (Å²) in [5, 5.41) is 12.8. The van der Waals surface area contributed by atoms with Gasteiger partial charge in [-0.2, -0.15) is 5.10 Å². The van der Waals surface area contributed by atoms with Crippen LogP contribution < -0.4 is 20.1 Å². The van der Waals surface area contributed by atoms with Crippen molar-refractivity contribution in [3.8, 4) is 5.88 Å². The maximum atomic E-state index is 13.3. The molecule has 0 spiro atoms. The summed E-state index contributed by atoms with van der Waals surface area (Å²) in [6.45, 7) is 5.87. The van der Waals surface area contributed by atoms with E-state index in [1.807, 2.05) is 19.1 Å². The van der Waals surface area contributed by atoms with Crippen molar-refractivity contribution in [2.75, 3.05) is 18.4 Å². The van der Waals surface area contributed by atoms with Gasteiger partial charge in [-0.1, -0.05) is 18.7 Å². The summed E-state index contributed by atoms with van der Waals surface area (Å²) in [6.07, 6.45) is 6.71. The predicted octanol–water partition coefficient (Wildman–Crippen LogP) is 2.89. The van der Waals surface area contributed by atoms with Gasteiger partial charge >= 0.3 is 0 Å². The summed E-state index contributed by atoms with van der Waals surface area (Å²) in [6, 6.07) is 8.91. The van der Waals surface area contributed by atoms with E-state index in [0.29, 0.717) is 21.3 Å². The van der Waals surface area contributed by atoms with Gasteiger partial charge in [-0.25, -0.2) is 18.4 Å². The molecule has 3 aromatic rings. The number of pyridine rings is 2. The van der Waals surface area contributed by atoms with Crippen molar-refractivity contribution < 1.29 is 22.7 Å². The predicted molar refractivity (Wildman–Crippen MR) is 155 cm³/mol. The number of thioether (sulfide) groups is 1. The highest BCUT2D eigenvalue weighted by atomic mass is 32.2. The molecule has 0 fully saturated rings. The van der Waals surface area contributed by atoms with Crippen LogP contribution in [0.4, 0.5) is 5.69 Å². The smallest absolute Gasteiger partial charge is 0.262 e. The lowest BCUT2D eigenvalue weighted by atomic mass is 10.1. The van der Waals surface area contributed by atoms with Gasteiger partial charge in [-0.3, -0.25) is 19.3 Å². The van der Waals surface area contributed by atoms with Gasteiger partial charge in [0.25, 0.3) is 15.9 Å². The monoisotopic (exact) mass is 591 g/mol. The minimum Gasteiger partial charge on any atom is -0.480 e. The SMILES string of the molecule is C=C1SC2=NN1C(=CC)c1cncc(c1)CNC(=O)CNC(=O)c1cccc(c1)S(=O)(=O)Nc1cc2cnc1OC. The topological polar surface area (TPSA) is 155 Å². The highest BCUT2D eigenvalue weighted by Gasteiger charge is 2.27. The zero-order chi connectivity index (χ0) is 29.1. The molecule has 210 valence electrons. The molecule has 0 atom stereocenters. The summed E-state index contributed by atoms with van der Waals surface area (Å²) < 4.78 is 34.5. The van der Waals surface area contributed by atoms with Crippen molar-refractivity contribution in [2.24, 2.45) is 5.10 Å². The Bertz CT molecular complexity index is 1740. The summed E-state index contributed by atoms with van der Waals surface area (Å²) >= 11 is 1.29. The number of nitrogens with one attached hydrogen (secondary N) is 3. The molecule has 3 N–H and O–H groups in total. The Kier molecular flexibility index (Phi) is 7.77. The number of amides is 2. The van der Waals surface area contributed by atoms with Gasteiger partial charge in [-0.15, -0.1) is 0 Å². The molecule has 2 amide bonds. The number of hydrogen-bond donors (Lipinski definition) is 3. The number of carbonyl (C=O) groups excluding carboxylic acids is 2. The van der Waals surface area contributed by atoms with E-state index in [0.717, 1.165) is 11.1 Å². The number of sulfonamides is 1. The molecule has 0 saturated heterocycles. The van der Waals surface area contributed by atoms with Crippen LogP contribution in [0, 0.1) is 0 Å². The Balaban J connectivity index is 1.60. The standard InChI is InChI=1S/C27H25N7O5S2/c1-4-23-19-8-17(11-28-13-19)12-29-24(35)15-30-25(36)18-6-5-7-21(9-18)41(37,38)33-22-10-20(14-31-26(22)39-3)27-32-34(23)16(2)40-27/h4-11,13-14,33H,2,12,15H2,1,3H3,(H,29,35)(H,30,36). The van der Waals surface area contributed by atoms with E-state index in [4.69, 9.17) is 9.84 Å². The van der Waals surface area contributed by atoms with Gasteiger partial charge in [0.15, 0.2) is 0 Å². The first-order chi connectivity index (χ1) is 19.7. The molecule has 0 saturated carbocycles. The Morgan fingerprint density at radius 2 is 1.88 bits per heavy atom. The minimum atomic E-state index is -4.17. The van der Waals surface area contributed by atoms with E-state index in [1.165, 1.54) is 49.3 Å². The van der Waals surface area contributed by atoms with Crippen molar-refractivity contribution in [3.05, 3.63) is 94.9 Å². The molecule has 5 rings (SSSR count). The number of fused-ring (bicyclic) bond motifs is 8. The van der Waals surface area contributed by atoms with E-state index in [-0.39, 0.29) is 35.1 Å². The van der Waals surface area contributed by atoms with Crippen molar-refractivity contribution in [2.45, 2.75) is 18.4 Å². The molecule has 8 bridgehead atoms. The number of allylic oxidation sites excluding steroid dienone is 1.